The topological polar surface area (TPSA) is 59.5 Å². The molecule has 0 aliphatic carbocycles. The van der Waals surface area contributed by atoms with E-state index in [1.165, 1.54) is 0 Å². The molecule has 2 aromatic carbocycles. The standard InChI is InChI=1S/C20H15N5O/c1-24(14-8-3-2-4-9-14)18-15-10-5-6-11-16(15)25-19(17-12-7-13-26-17)22-23-20(25)21-18/h2-13H,1H3. The molecule has 0 saturated heterocycles. The molecule has 0 atom stereocenters. The summed E-state index contributed by atoms with van der Waals surface area (Å²) in [6.45, 7) is 0. The second-order valence-corrected chi connectivity index (χ2v) is 5.98. The van der Waals surface area contributed by atoms with E-state index in [0.717, 1.165) is 22.4 Å². The smallest absolute Gasteiger partial charge is 0.257 e. The van der Waals surface area contributed by atoms with Crippen LogP contribution in [0, 0.1) is 0 Å². The van der Waals surface area contributed by atoms with Crippen molar-refractivity contribution in [3.8, 4) is 11.6 Å². The van der Waals surface area contributed by atoms with Gasteiger partial charge in [0.1, 0.15) is 5.82 Å². The van der Waals surface area contributed by atoms with Crippen LogP contribution in [0.1, 0.15) is 0 Å². The summed E-state index contributed by atoms with van der Waals surface area (Å²) in [5, 5.41) is 9.59. The summed E-state index contributed by atoms with van der Waals surface area (Å²) in [5.41, 5.74) is 2.03. The van der Waals surface area contributed by atoms with E-state index < -0.39 is 0 Å². The van der Waals surface area contributed by atoms with E-state index in [1.54, 1.807) is 6.26 Å². The van der Waals surface area contributed by atoms with Crippen molar-refractivity contribution >= 4 is 28.2 Å². The number of nitrogens with zero attached hydrogens (tertiary/aromatic N) is 5. The van der Waals surface area contributed by atoms with Gasteiger partial charge in [-0.25, -0.2) is 0 Å². The van der Waals surface area contributed by atoms with Gasteiger partial charge in [0.15, 0.2) is 5.76 Å². The van der Waals surface area contributed by atoms with Crippen LogP contribution in [0.3, 0.4) is 0 Å². The van der Waals surface area contributed by atoms with E-state index >= 15 is 0 Å². The first kappa shape index (κ1) is 14.7. The summed E-state index contributed by atoms with van der Waals surface area (Å²) >= 11 is 0. The van der Waals surface area contributed by atoms with Gasteiger partial charge in [0.2, 0.25) is 5.82 Å². The lowest BCUT2D eigenvalue weighted by molar-refractivity contribution is 0.576. The quantitative estimate of drug-likeness (QED) is 0.489. The van der Waals surface area contributed by atoms with E-state index in [1.807, 2.05) is 60.0 Å². The molecule has 0 saturated carbocycles. The van der Waals surface area contributed by atoms with Gasteiger partial charge in [-0.1, -0.05) is 30.3 Å². The van der Waals surface area contributed by atoms with Gasteiger partial charge in [-0.2, -0.15) is 4.98 Å². The number of rotatable bonds is 3. The van der Waals surface area contributed by atoms with Crippen molar-refractivity contribution < 1.29 is 4.42 Å². The lowest BCUT2D eigenvalue weighted by Crippen LogP contribution is -2.13. The van der Waals surface area contributed by atoms with Crippen LogP contribution in [0.5, 0.6) is 0 Å². The molecule has 0 amide bonds. The summed E-state index contributed by atoms with van der Waals surface area (Å²) in [6, 6.07) is 22.0. The van der Waals surface area contributed by atoms with E-state index in [-0.39, 0.29) is 0 Å². The molecule has 0 bridgehead atoms. The highest BCUT2D eigenvalue weighted by molar-refractivity contribution is 5.94. The Bertz CT molecular complexity index is 1200. The van der Waals surface area contributed by atoms with Gasteiger partial charge in [0.05, 0.1) is 11.8 Å². The molecule has 0 spiro atoms. The molecule has 6 nitrogen and oxygen atoms in total. The Morgan fingerprint density at radius 2 is 1.69 bits per heavy atom. The average molecular weight is 341 g/mol. The number of hydrogen-bond acceptors (Lipinski definition) is 5. The van der Waals surface area contributed by atoms with E-state index in [2.05, 4.69) is 33.3 Å². The molecule has 126 valence electrons. The number of hydrogen-bond donors (Lipinski definition) is 0. The van der Waals surface area contributed by atoms with Crippen molar-refractivity contribution in [1.82, 2.24) is 19.6 Å². The monoisotopic (exact) mass is 341 g/mol. The maximum Gasteiger partial charge on any atom is 0.257 e. The minimum absolute atomic E-state index is 0.535. The Hall–Kier alpha value is -3.67. The van der Waals surface area contributed by atoms with Crippen LogP contribution in [0.15, 0.2) is 77.4 Å². The zero-order valence-electron chi connectivity index (χ0n) is 14.1. The van der Waals surface area contributed by atoms with Gasteiger partial charge in [-0.15, -0.1) is 10.2 Å². The van der Waals surface area contributed by atoms with Crippen molar-refractivity contribution in [2.45, 2.75) is 0 Å². The zero-order valence-corrected chi connectivity index (χ0v) is 14.1. The van der Waals surface area contributed by atoms with Crippen molar-refractivity contribution in [2.24, 2.45) is 0 Å². The fourth-order valence-corrected chi connectivity index (χ4v) is 3.18. The second-order valence-electron chi connectivity index (χ2n) is 5.98. The molecule has 0 N–H and O–H groups in total. The van der Waals surface area contributed by atoms with Gasteiger partial charge in [-0.3, -0.25) is 4.40 Å². The van der Waals surface area contributed by atoms with Crippen LogP contribution in [0.25, 0.3) is 28.3 Å². The van der Waals surface area contributed by atoms with Crippen LogP contribution in [0.2, 0.25) is 0 Å². The second kappa shape index (κ2) is 5.70. The molecule has 5 rings (SSSR count). The Kier molecular flexibility index (Phi) is 3.21. The largest absolute Gasteiger partial charge is 0.461 e. The summed E-state index contributed by atoms with van der Waals surface area (Å²) in [5.74, 6) is 2.67. The van der Waals surface area contributed by atoms with Crippen molar-refractivity contribution in [2.75, 3.05) is 11.9 Å². The molecule has 26 heavy (non-hydrogen) atoms. The number of fused-ring (bicyclic) bond motifs is 3. The molecule has 0 radical (unpaired) electrons. The molecule has 0 unspecified atom stereocenters. The molecule has 3 heterocycles. The highest BCUT2D eigenvalue weighted by atomic mass is 16.3. The minimum atomic E-state index is 0.535. The number of furan rings is 1. The van der Waals surface area contributed by atoms with E-state index in [4.69, 9.17) is 9.40 Å². The Balaban J connectivity index is 1.81. The first-order valence-corrected chi connectivity index (χ1v) is 8.29. The van der Waals surface area contributed by atoms with Crippen molar-refractivity contribution in [3.05, 3.63) is 73.0 Å². The number of benzene rings is 2. The number of anilines is 2. The molecule has 5 aromatic rings. The van der Waals surface area contributed by atoms with Gasteiger partial charge in [-0.05, 0) is 36.4 Å². The SMILES string of the molecule is CN(c1ccccc1)c1nc2nnc(-c3ccco3)n2c2ccccc12. The molecular weight excluding hydrogens is 326 g/mol. The maximum atomic E-state index is 5.52. The molecule has 0 aliphatic heterocycles. The van der Waals surface area contributed by atoms with Crippen LogP contribution >= 0.6 is 0 Å². The van der Waals surface area contributed by atoms with Crippen molar-refractivity contribution in [3.63, 3.8) is 0 Å². The minimum Gasteiger partial charge on any atom is -0.461 e. The Labute approximate surface area is 149 Å². The molecular formula is C20H15N5O. The fraction of sp³-hybridized carbons (Fsp3) is 0.0500. The van der Waals surface area contributed by atoms with Crippen LogP contribution in [0.4, 0.5) is 11.5 Å². The average Bonchev–Trinajstić information content (AvgIpc) is 3.37. The maximum absolute atomic E-state index is 5.52. The van der Waals surface area contributed by atoms with Gasteiger partial charge < -0.3 is 9.32 Å². The van der Waals surface area contributed by atoms with Gasteiger partial charge in [0.25, 0.3) is 5.78 Å². The summed E-state index contributed by atoms with van der Waals surface area (Å²) in [7, 11) is 2.00. The molecule has 0 fully saturated rings. The molecule has 6 heteroatoms. The predicted octanol–water partition coefficient (Wildman–Crippen LogP) is 4.31. The zero-order chi connectivity index (χ0) is 17.5. The lowest BCUT2D eigenvalue weighted by Gasteiger charge is -2.20. The first-order valence-electron chi connectivity index (χ1n) is 8.29. The summed E-state index contributed by atoms with van der Waals surface area (Å²) in [6.07, 6.45) is 1.63. The molecule has 0 aliphatic rings. The predicted molar refractivity (Wildman–Crippen MR) is 100 cm³/mol. The summed E-state index contributed by atoms with van der Waals surface area (Å²) < 4.78 is 7.45. The first-order chi connectivity index (χ1) is 12.8. The van der Waals surface area contributed by atoms with Gasteiger partial charge >= 0.3 is 0 Å². The highest BCUT2D eigenvalue weighted by Crippen LogP contribution is 2.31. The van der Waals surface area contributed by atoms with Crippen LogP contribution in [-0.2, 0) is 0 Å². The molecule has 3 aromatic heterocycles. The Morgan fingerprint density at radius 3 is 2.50 bits per heavy atom. The van der Waals surface area contributed by atoms with Crippen LogP contribution in [-0.4, -0.2) is 26.6 Å². The normalized spacial score (nSPS) is 11.3. The fourth-order valence-electron chi connectivity index (χ4n) is 3.18. The third-order valence-electron chi connectivity index (χ3n) is 4.44. The Morgan fingerprint density at radius 1 is 0.885 bits per heavy atom. The van der Waals surface area contributed by atoms with Gasteiger partial charge in [0, 0.05) is 18.1 Å². The van der Waals surface area contributed by atoms with Crippen LogP contribution < -0.4 is 4.90 Å². The number of aromatic nitrogens is 4. The van der Waals surface area contributed by atoms with E-state index in [9.17, 15) is 0 Å². The number of para-hydroxylation sites is 2. The van der Waals surface area contributed by atoms with Crippen molar-refractivity contribution in [1.29, 1.82) is 0 Å². The third kappa shape index (κ3) is 2.16. The highest BCUT2D eigenvalue weighted by Gasteiger charge is 2.18. The van der Waals surface area contributed by atoms with E-state index in [0.29, 0.717) is 17.4 Å². The third-order valence-corrected chi connectivity index (χ3v) is 4.44. The summed E-state index contributed by atoms with van der Waals surface area (Å²) in [4.78, 5) is 6.84. The lowest BCUT2D eigenvalue weighted by atomic mass is 10.2.